The molecule has 5 rings (SSSR count). The summed E-state index contributed by atoms with van der Waals surface area (Å²) >= 11 is 1.71. The van der Waals surface area contributed by atoms with Crippen LogP contribution in [0.4, 0.5) is 0 Å². The van der Waals surface area contributed by atoms with Crippen LogP contribution >= 0.6 is 11.8 Å². The molecule has 0 radical (unpaired) electrons. The third-order valence-electron chi connectivity index (χ3n) is 6.68. The summed E-state index contributed by atoms with van der Waals surface area (Å²) in [6.45, 7) is 7.11. The summed E-state index contributed by atoms with van der Waals surface area (Å²) in [6.07, 6.45) is 6.00. The predicted molar refractivity (Wildman–Crippen MR) is 89.8 cm³/mol. The van der Waals surface area contributed by atoms with Gasteiger partial charge in [-0.05, 0) is 49.0 Å². The first kappa shape index (κ1) is 15.6. The maximum atomic E-state index is 12.5. The van der Waals surface area contributed by atoms with Crippen LogP contribution in [-0.4, -0.2) is 40.0 Å². The highest BCUT2D eigenvalue weighted by Crippen LogP contribution is 2.59. The van der Waals surface area contributed by atoms with Gasteiger partial charge >= 0.3 is 5.97 Å². The van der Waals surface area contributed by atoms with Crippen molar-refractivity contribution in [2.45, 2.75) is 57.4 Å². The first-order valence-corrected chi connectivity index (χ1v) is 9.63. The van der Waals surface area contributed by atoms with Crippen molar-refractivity contribution < 1.29 is 14.3 Å². The van der Waals surface area contributed by atoms with E-state index in [1.54, 1.807) is 16.7 Å². The Morgan fingerprint density at radius 2 is 2.22 bits per heavy atom. The van der Waals surface area contributed by atoms with E-state index in [1.165, 1.54) is 12.0 Å². The summed E-state index contributed by atoms with van der Waals surface area (Å²) in [5.41, 5.74) is 1.63. The lowest BCUT2D eigenvalue weighted by atomic mass is 9.49. The number of carbonyl (C=O) groups is 2. The van der Waals surface area contributed by atoms with E-state index in [2.05, 4.69) is 26.8 Å². The molecule has 0 aromatic heterocycles. The molecule has 0 spiro atoms. The number of esters is 1. The molecule has 3 fully saturated rings. The number of rotatable bonds is 3. The van der Waals surface area contributed by atoms with Gasteiger partial charge in [-0.25, -0.2) is 4.79 Å². The molecule has 5 aliphatic rings. The molecule has 5 heteroatoms. The van der Waals surface area contributed by atoms with Crippen molar-refractivity contribution >= 4 is 23.6 Å². The summed E-state index contributed by atoms with van der Waals surface area (Å²) in [5.74, 6) is 1.89. The molecule has 0 N–H and O–H groups in total. The van der Waals surface area contributed by atoms with E-state index in [-0.39, 0.29) is 16.7 Å². The third-order valence-corrected chi connectivity index (χ3v) is 8.19. The highest BCUT2D eigenvalue weighted by atomic mass is 32.2. The van der Waals surface area contributed by atoms with Crippen LogP contribution in [0.2, 0.25) is 0 Å². The minimum atomic E-state index is -0.397. The topological polar surface area (TPSA) is 46.6 Å². The number of ether oxygens (including phenoxy) is 1. The number of carbonyl (C=O) groups excluding carboxylic acids is 2. The number of nitrogens with zero attached hydrogens (tertiary/aromatic N) is 1. The Morgan fingerprint density at radius 1 is 1.43 bits per heavy atom. The Balaban J connectivity index is 1.40. The molecule has 4 nitrogen and oxygen atoms in total. The van der Waals surface area contributed by atoms with Gasteiger partial charge in [-0.15, -0.1) is 11.8 Å². The summed E-state index contributed by atoms with van der Waals surface area (Å²) in [6, 6.07) is -0.397. The van der Waals surface area contributed by atoms with E-state index in [1.807, 2.05) is 0 Å². The van der Waals surface area contributed by atoms with Gasteiger partial charge in [0.05, 0.1) is 4.87 Å². The van der Waals surface area contributed by atoms with Gasteiger partial charge in [0.25, 0.3) is 0 Å². The van der Waals surface area contributed by atoms with Crippen molar-refractivity contribution in [2.75, 3.05) is 12.4 Å². The fourth-order valence-electron chi connectivity index (χ4n) is 4.89. The van der Waals surface area contributed by atoms with Gasteiger partial charge in [-0.3, -0.25) is 4.79 Å². The number of hydrogen-bond donors (Lipinski definition) is 0. The minimum Gasteiger partial charge on any atom is -0.460 e. The SMILES string of the molecule is CC1(C)[C@H]2CC=C(COC(=O)[C@H]3CS[C@]4(C)CCC(=O)N34)[C@@H]1C2. The molecule has 2 aliphatic heterocycles. The fraction of sp³-hybridized carbons (Fsp3) is 0.778. The number of amides is 1. The summed E-state index contributed by atoms with van der Waals surface area (Å²) in [7, 11) is 0. The molecule has 2 saturated heterocycles. The summed E-state index contributed by atoms with van der Waals surface area (Å²) in [5, 5.41) is 0. The van der Waals surface area contributed by atoms with Gasteiger partial charge in [-0.2, -0.15) is 0 Å². The Hall–Kier alpha value is -0.970. The lowest BCUT2D eigenvalue weighted by Gasteiger charge is -2.56. The minimum absolute atomic E-state index is 0.0966. The second-order valence-corrected chi connectivity index (χ2v) is 9.70. The number of hydrogen-bond acceptors (Lipinski definition) is 4. The average Bonchev–Trinajstić information content (AvgIpc) is 3.01. The number of fused-ring (bicyclic) bond motifs is 2. The average molecular weight is 335 g/mol. The van der Waals surface area contributed by atoms with Crippen molar-refractivity contribution in [3.8, 4) is 0 Å². The second kappa shape index (κ2) is 5.01. The van der Waals surface area contributed by atoms with Crippen molar-refractivity contribution in [2.24, 2.45) is 17.3 Å². The molecule has 0 aromatic rings. The van der Waals surface area contributed by atoms with Crippen LogP contribution in [0.5, 0.6) is 0 Å². The molecule has 0 aromatic carbocycles. The van der Waals surface area contributed by atoms with Crippen LogP contribution in [0.25, 0.3) is 0 Å². The molecular weight excluding hydrogens is 310 g/mol. The fourth-order valence-corrected chi connectivity index (χ4v) is 6.30. The van der Waals surface area contributed by atoms with Crippen LogP contribution in [0.1, 0.15) is 46.5 Å². The van der Waals surface area contributed by atoms with Crippen LogP contribution in [-0.2, 0) is 14.3 Å². The van der Waals surface area contributed by atoms with E-state index < -0.39 is 6.04 Å². The zero-order chi connectivity index (χ0) is 16.4. The zero-order valence-electron chi connectivity index (χ0n) is 14.1. The highest BCUT2D eigenvalue weighted by molar-refractivity contribution is 8.01. The Bertz CT molecular complexity index is 599. The van der Waals surface area contributed by atoms with E-state index in [0.29, 0.717) is 30.1 Å². The molecular formula is C18H25NO3S. The van der Waals surface area contributed by atoms with E-state index in [9.17, 15) is 9.59 Å². The standard InChI is InChI=1S/C18H25NO3S/c1-17(2)12-5-4-11(13(17)8-12)9-22-16(21)14-10-23-18(3)7-6-15(20)19(14)18/h4,12-14H,5-10H2,1-3H3/t12-,13-,14+,18+/m0/s1. The molecule has 2 bridgehead atoms. The Morgan fingerprint density at radius 3 is 2.91 bits per heavy atom. The lowest BCUT2D eigenvalue weighted by Crippen LogP contribution is -2.49. The smallest absolute Gasteiger partial charge is 0.330 e. The zero-order valence-corrected chi connectivity index (χ0v) is 14.9. The largest absolute Gasteiger partial charge is 0.460 e. The molecule has 126 valence electrons. The summed E-state index contributed by atoms with van der Waals surface area (Å²) < 4.78 is 5.64. The van der Waals surface area contributed by atoms with Gasteiger partial charge in [-0.1, -0.05) is 19.9 Å². The Kier molecular flexibility index (Phi) is 3.39. The molecule has 1 amide bonds. The van der Waals surface area contributed by atoms with Gasteiger partial charge in [0, 0.05) is 12.2 Å². The van der Waals surface area contributed by atoms with Crippen molar-refractivity contribution in [1.29, 1.82) is 0 Å². The Labute approximate surface area is 142 Å². The van der Waals surface area contributed by atoms with Gasteiger partial charge in [0.15, 0.2) is 0 Å². The van der Waals surface area contributed by atoms with Crippen LogP contribution < -0.4 is 0 Å². The van der Waals surface area contributed by atoms with Gasteiger partial charge in [0.2, 0.25) is 5.91 Å². The number of allylic oxidation sites excluding steroid dienone is 1. The van der Waals surface area contributed by atoms with Crippen molar-refractivity contribution in [1.82, 2.24) is 4.90 Å². The molecule has 3 aliphatic carbocycles. The molecule has 4 atom stereocenters. The third kappa shape index (κ3) is 2.19. The van der Waals surface area contributed by atoms with Crippen LogP contribution in [0.3, 0.4) is 0 Å². The van der Waals surface area contributed by atoms with E-state index in [4.69, 9.17) is 4.74 Å². The van der Waals surface area contributed by atoms with Crippen molar-refractivity contribution in [3.05, 3.63) is 11.6 Å². The van der Waals surface area contributed by atoms with E-state index >= 15 is 0 Å². The van der Waals surface area contributed by atoms with Crippen molar-refractivity contribution in [3.63, 3.8) is 0 Å². The summed E-state index contributed by atoms with van der Waals surface area (Å²) in [4.78, 5) is 26.2. The lowest BCUT2D eigenvalue weighted by molar-refractivity contribution is -0.153. The molecule has 2 heterocycles. The number of thioether (sulfide) groups is 1. The molecule has 0 unspecified atom stereocenters. The van der Waals surface area contributed by atoms with Gasteiger partial charge < -0.3 is 9.64 Å². The normalized spacial score (nSPS) is 40.5. The molecule has 23 heavy (non-hydrogen) atoms. The second-order valence-electron chi connectivity index (χ2n) is 8.19. The monoisotopic (exact) mass is 335 g/mol. The van der Waals surface area contributed by atoms with E-state index in [0.717, 1.165) is 18.8 Å². The highest BCUT2D eigenvalue weighted by Gasteiger charge is 2.54. The van der Waals surface area contributed by atoms with Crippen LogP contribution in [0.15, 0.2) is 11.6 Å². The first-order chi connectivity index (χ1) is 10.8. The molecule has 1 saturated carbocycles. The maximum absolute atomic E-state index is 12.5. The maximum Gasteiger partial charge on any atom is 0.330 e. The predicted octanol–water partition coefficient (Wildman–Crippen LogP) is 2.98. The first-order valence-electron chi connectivity index (χ1n) is 8.64. The van der Waals surface area contributed by atoms with Gasteiger partial charge in [0.1, 0.15) is 12.6 Å². The quantitative estimate of drug-likeness (QED) is 0.588. The van der Waals surface area contributed by atoms with Crippen LogP contribution in [0, 0.1) is 17.3 Å².